The van der Waals surface area contributed by atoms with Crippen molar-refractivity contribution in [2.45, 2.75) is 46.1 Å². The first-order chi connectivity index (χ1) is 6.37. The summed E-state index contributed by atoms with van der Waals surface area (Å²) in [4.78, 5) is 4.56. The quantitative estimate of drug-likeness (QED) is 0.752. The molecule has 1 rings (SSSR count). The zero-order valence-electron chi connectivity index (χ0n) is 9.63. The molecule has 0 fully saturated rings. The Bertz CT molecular complexity index is 231. The molecule has 1 aliphatic heterocycles. The van der Waals surface area contributed by atoms with Crippen molar-refractivity contribution in [2.75, 3.05) is 13.2 Å². The standard InChI is InChI=1S/C11H21NO2/c1-10(2,6-5-7-13)9-12-11(3,4)8-14-9/h13H,5-8H2,1-4H3. The van der Waals surface area contributed by atoms with Crippen molar-refractivity contribution in [1.29, 1.82) is 0 Å². The van der Waals surface area contributed by atoms with Crippen LogP contribution in [0.2, 0.25) is 0 Å². The first-order valence-corrected chi connectivity index (χ1v) is 5.21. The smallest absolute Gasteiger partial charge is 0.189 e. The number of hydrogen-bond acceptors (Lipinski definition) is 3. The van der Waals surface area contributed by atoms with Crippen LogP contribution in [0.5, 0.6) is 0 Å². The molecule has 0 aromatic heterocycles. The molecule has 82 valence electrons. The number of aliphatic imine (C=N–C) groups is 1. The van der Waals surface area contributed by atoms with Gasteiger partial charge in [-0.25, -0.2) is 4.99 Å². The van der Waals surface area contributed by atoms with Crippen molar-refractivity contribution in [3.05, 3.63) is 0 Å². The Kier molecular flexibility index (Phi) is 3.20. The molecule has 1 N–H and O–H groups in total. The van der Waals surface area contributed by atoms with Gasteiger partial charge in [0.2, 0.25) is 0 Å². The lowest BCUT2D eigenvalue weighted by atomic mass is 9.87. The van der Waals surface area contributed by atoms with Crippen LogP contribution in [0.4, 0.5) is 0 Å². The lowest BCUT2D eigenvalue weighted by Gasteiger charge is -2.23. The zero-order chi connectivity index (χ0) is 10.8. The SMILES string of the molecule is CC1(C)COC(C(C)(C)CCCO)=N1. The molecule has 0 atom stereocenters. The number of aliphatic hydroxyl groups is 1. The summed E-state index contributed by atoms with van der Waals surface area (Å²) in [6.45, 7) is 9.28. The van der Waals surface area contributed by atoms with Crippen LogP contribution in [0.1, 0.15) is 40.5 Å². The van der Waals surface area contributed by atoms with Crippen molar-refractivity contribution >= 4 is 5.90 Å². The summed E-state index contributed by atoms with van der Waals surface area (Å²) in [6, 6.07) is 0. The number of ether oxygens (including phenoxy) is 1. The number of hydrogen-bond donors (Lipinski definition) is 1. The van der Waals surface area contributed by atoms with Gasteiger partial charge in [-0.15, -0.1) is 0 Å². The molecule has 3 heteroatoms. The Hall–Kier alpha value is -0.570. The molecule has 0 saturated heterocycles. The highest BCUT2D eigenvalue weighted by molar-refractivity contribution is 5.83. The Balaban J connectivity index is 2.64. The van der Waals surface area contributed by atoms with Crippen LogP contribution in [0.25, 0.3) is 0 Å². The second kappa shape index (κ2) is 3.89. The summed E-state index contributed by atoms with van der Waals surface area (Å²) in [5.74, 6) is 0.843. The molecular formula is C11H21NO2. The fraction of sp³-hybridized carbons (Fsp3) is 0.909. The predicted octanol–water partition coefficient (Wildman–Crippen LogP) is 1.99. The fourth-order valence-electron chi connectivity index (χ4n) is 1.56. The monoisotopic (exact) mass is 199 g/mol. The van der Waals surface area contributed by atoms with Crippen molar-refractivity contribution in [2.24, 2.45) is 10.4 Å². The highest BCUT2D eigenvalue weighted by Gasteiger charge is 2.35. The fourth-order valence-corrected chi connectivity index (χ4v) is 1.56. The Morgan fingerprint density at radius 3 is 2.57 bits per heavy atom. The van der Waals surface area contributed by atoms with Crippen LogP contribution in [-0.2, 0) is 4.74 Å². The van der Waals surface area contributed by atoms with Crippen LogP contribution >= 0.6 is 0 Å². The van der Waals surface area contributed by atoms with Gasteiger partial charge in [-0.3, -0.25) is 0 Å². The molecule has 0 unspecified atom stereocenters. The van der Waals surface area contributed by atoms with Crippen LogP contribution in [0, 0.1) is 5.41 Å². The Morgan fingerprint density at radius 2 is 2.14 bits per heavy atom. The highest BCUT2D eigenvalue weighted by Crippen LogP contribution is 2.31. The molecule has 0 radical (unpaired) electrons. The summed E-state index contributed by atoms with van der Waals surface area (Å²) < 4.78 is 5.60. The van der Waals surface area contributed by atoms with Gasteiger partial charge in [0.05, 0.1) is 5.54 Å². The molecule has 1 heterocycles. The van der Waals surface area contributed by atoms with E-state index in [4.69, 9.17) is 9.84 Å². The molecule has 0 bridgehead atoms. The van der Waals surface area contributed by atoms with E-state index in [0.29, 0.717) is 6.61 Å². The second-order valence-corrected chi connectivity index (χ2v) is 5.23. The molecular weight excluding hydrogens is 178 g/mol. The highest BCUT2D eigenvalue weighted by atomic mass is 16.5. The van der Waals surface area contributed by atoms with Crippen LogP contribution in [-0.4, -0.2) is 29.8 Å². The van der Waals surface area contributed by atoms with E-state index in [2.05, 4.69) is 32.7 Å². The molecule has 0 aliphatic carbocycles. The van der Waals surface area contributed by atoms with E-state index in [-0.39, 0.29) is 17.6 Å². The summed E-state index contributed by atoms with van der Waals surface area (Å²) in [5, 5.41) is 8.79. The molecule has 0 aromatic carbocycles. The molecule has 0 spiro atoms. The first kappa shape index (κ1) is 11.5. The molecule has 0 saturated carbocycles. The van der Waals surface area contributed by atoms with Gasteiger partial charge in [-0.05, 0) is 26.7 Å². The molecule has 1 aliphatic rings. The van der Waals surface area contributed by atoms with Crippen molar-refractivity contribution in [3.8, 4) is 0 Å². The Labute approximate surface area is 86.2 Å². The minimum atomic E-state index is -0.0776. The van der Waals surface area contributed by atoms with E-state index in [1.807, 2.05) is 0 Å². The molecule has 0 aromatic rings. The Morgan fingerprint density at radius 1 is 1.50 bits per heavy atom. The van der Waals surface area contributed by atoms with Gasteiger partial charge in [-0.1, -0.05) is 13.8 Å². The topological polar surface area (TPSA) is 41.8 Å². The minimum Gasteiger partial charge on any atom is -0.478 e. The van der Waals surface area contributed by atoms with Crippen molar-refractivity contribution in [3.63, 3.8) is 0 Å². The molecule has 3 nitrogen and oxygen atoms in total. The average Bonchev–Trinajstić information content (AvgIpc) is 2.43. The maximum atomic E-state index is 8.79. The van der Waals surface area contributed by atoms with E-state index in [1.54, 1.807) is 0 Å². The van der Waals surface area contributed by atoms with Gasteiger partial charge in [0.15, 0.2) is 5.90 Å². The second-order valence-electron chi connectivity index (χ2n) is 5.23. The van der Waals surface area contributed by atoms with E-state index in [1.165, 1.54) is 0 Å². The third-order valence-electron chi connectivity index (χ3n) is 2.51. The average molecular weight is 199 g/mol. The summed E-state index contributed by atoms with van der Waals surface area (Å²) in [7, 11) is 0. The van der Waals surface area contributed by atoms with Gasteiger partial charge in [0.25, 0.3) is 0 Å². The normalized spacial score (nSPS) is 20.5. The third-order valence-corrected chi connectivity index (χ3v) is 2.51. The number of rotatable bonds is 4. The summed E-state index contributed by atoms with van der Waals surface area (Å²) >= 11 is 0. The first-order valence-electron chi connectivity index (χ1n) is 5.21. The van der Waals surface area contributed by atoms with Gasteiger partial charge in [0.1, 0.15) is 6.61 Å². The minimum absolute atomic E-state index is 0.0451. The largest absolute Gasteiger partial charge is 0.478 e. The number of aliphatic hydroxyl groups excluding tert-OH is 1. The van der Waals surface area contributed by atoms with E-state index >= 15 is 0 Å². The lowest BCUT2D eigenvalue weighted by molar-refractivity contribution is 0.229. The predicted molar refractivity (Wildman–Crippen MR) is 57.6 cm³/mol. The number of nitrogens with zero attached hydrogens (tertiary/aromatic N) is 1. The van der Waals surface area contributed by atoms with Gasteiger partial charge < -0.3 is 9.84 Å². The molecule has 0 amide bonds. The van der Waals surface area contributed by atoms with Crippen LogP contribution < -0.4 is 0 Å². The van der Waals surface area contributed by atoms with Gasteiger partial charge in [0, 0.05) is 12.0 Å². The van der Waals surface area contributed by atoms with Gasteiger partial charge in [-0.2, -0.15) is 0 Å². The maximum absolute atomic E-state index is 8.79. The van der Waals surface area contributed by atoms with E-state index in [9.17, 15) is 0 Å². The van der Waals surface area contributed by atoms with Crippen LogP contribution in [0.15, 0.2) is 4.99 Å². The van der Waals surface area contributed by atoms with Gasteiger partial charge >= 0.3 is 0 Å². The summed E-state index contributed by atoms with van der Waals surface area (Å²) in [6.07, 6.45) is 1.72. The van der Waals surface area contributed by atoms with E-state index in [0.717, 1.165) is 18.7 Å². The maximum Gasteiger partial charge on any atom is 0.189 e. The molecule has 14 heavy (non-hydrogen) atoms. The van der Waals surface area contributed by atoms with Crippen molar-refractivity contribution < 1.29 is 9.84 Å². The van der Waals surface area contributed by atoms with Crippen LogP contribution in [0.3, 0.4) is 0 Å². The summed E-state index contributed by atoms with van der Waals surface area (Å²) in [5.41, 5.74) is -0.123. The van der Waals surface area contributed by atoms with E-state index < -0.39 is 0 Å². The zero-order valence-corrected chi connectivity index (χ0v) is 9.63. The third kappa shape index (κ3) is 2.71. The lowest BCUT2D eigenvalue weighted by Crippen LogP contribution is -2.24. The van der Waals surface area contributed by atoms with Crippen molar-refractivity contribution in [1.82, 2.24) is 0 Å².